The third-order valence-electron chi connectivity index (χ3n) is 2.65. The predicted octanol–water partition coefficient (Wildman–Crippen LogP) is 1.63. The van der Waals surface area contributed by atoms with Gasteiger partial charge in [-0.25, -0.2) is 4.98 Å². The standard InChI is InChI=1S/C10H14BrN3/c11-9-1-2-10(13-6-9)14-4-3-8(5-12)7-14/h1-2,6,8H,3-5,7,12H2. The Morgan fingerprint density at radius 1 is 1.57 bits per heavy atom. The van der Waals surface area contributed by atoms with Crippen molar-refractivity contribution in [3.05, 3.63) is 22.8 Å². The highest BCUT2D eigenvalue weighted by Crippen LogP contribution is 2.22. The van der Waals surface area contributed by atoms with E-state index in [2.05, 4.69) is 25.8 Å². The molecule has 2 heterocycles. The molecule has 1 aromatic heterocycles. The molecule has 1 fully saturated rings. The first-order chi connectivity index (χ1) is 6.79. The van der Waals surface area contributed by atoms with Gasteiger partial charge in [0, 0.05) is 23.8 Å². The zero-order valence-corrected chi connectivity index (χ0v) is 9.57. The molecule has 14 heavy (non-hydrogen) atoms. The second kappa shape index (κ2) is 4.28. The van der Waals surface area contributed by atoms with Crippen molar-refractivity contribution in [2.75, 3.05) is 24.5 Å². The Labute approximate surface area is 92.4 Å². The third-order valence-corrected chi connectivity index (χ3v) is 3.12. The zero-order valence-electron chi connectivity index (χ0n) is 7.99. The minimum absolute atomic E-state index is 0.639. The average Bonchev–Trinajstić information content (AvgIpc) is 2.67. The van der Waals surface area contributed by atoms with E-state index >= 15 is 0 Å². The number of rotatable bonds is 2. The average molecular weight is 256 g/mol. The fraction of sp³-hybridized carbons (Fsp3) is 0.500. The van der Waals surface area contributed by atoms with Crippen LogP contribution in [0.15, 0.2) is 22.8 Å². The highest BCUT2D eigenvalue weighted by atomic mass is 79.9. The molecule has 2 rings (SSSR count). The van der Waals surface area contributed by atoms with Crippen LogP contribution in [0.4, 0.5) is 5.82 Å². The predicted molar refractivity (Wildman–Crippen MR) is 61.3 cm³/mol. The summed E-state index contributed by atoms with van der Waals surface area (Å²) in [4.78, 5) is 6.66. The molecule has 0 amide bonds. The van der Waals surface area contributed by atoms with Crippen LogP contribution in [0, 0.1) is 5.92 Å². The maximum atomic E-state index is 5.64. The van der Waals surface area contributed by atoms with Crippen LogP contribution in [-0.2, 0) is 0 Å². The van der Waals surface area contributed by atoms with Gasteiger partial charge in [0.05, 0.1) is 0 Å². The van der Waals surface area contributed by atoms with E-state index in [1.165, 1.54) is 6.42 Å². The Bertz CT molecular complexity index is 299. The van der Waals surface area contributed by atoms with Crippen molar-refractivity contribution in [1.29, 1.82) is 0 Å². The third kappa shape index (κ3) is 2.07. The van der Waals surface area contributed by atoms with Gasteiger partial charge < -0.3 is 10.6 Å². The van der Waals surface area contributed by atoms with Gasteiger partial charge in [-0.1, -0.05) is 0 Å². The Hall–Kier alpha value is -0.610. The van der Waals surface area contributed by atoms with Crippen molar-refractivity contribution in [2.45, 2.75) is 6.42 Å². The van der Waals surface area contributed by atoms with Gasteiger partial charge in [0.25, 0.3) is 0 Å². The molecule has 0 aromatic carbocycles. The van der Waals surface area contributed by atoms with Gasteiger partial charge in [-0.15, -0.1) is 0 Å². The summed E-state index contributed by atoms with van der Waals surface area (Å²) < 4.78 is 1.02. The summed E-state index contributed by atoms with van der Waals surface area (Å²) >= 11 is 3.38. The van der Waals surface area contributed by atoms with Gasteiger partial charge in [0.2, 0.25) is 0 Å². The summed E-state index contributed by atoms with van der Waals surface area (Å²) in [6.07, 6.45) is 3.03. The molecule has 2 N–H and O–H groups in total. The Balaban J connectivity index is 2.06. The van der Waals surface area contributed by atoms with E-state index in [4.69, 9.17) is 5.73 Å². The Morgan fingerprint density at radius 2 is 2.43 bits per heavy atom. The van der Waals surface area contributed by atoms with Crippen LogP contribution in [-0.4, -0.2) is 24.6 Å². The van der Waals surface area contributed by atoms with Gasteiger partial charge >= 0.3 is 0 Å². The molecule has 0 saturated carbocycles. The van der Waals surface area contributed by atoms with Gasteiger partial charge in [-0.3, -0.25) is 0 Å². The highest BCUT2D eigenvalue weighted by molar-refractivity contribution is 9.10. The van der Waals surface area contributed by atoms with Gasteiger partial charge in [-0.2, -0.15) is 0 Å². The molecule has 1 unspecified atom stereocenters. The van der Waals surface area contributed by atoms with E-state index in [-0.39, 0.29) is 0 Å². The van der Waals surface area contributed by atoms with Crippen LogP contribution < -0.4 is 10.6 Å². The number of nitrogens with zero attached hydrogens (tertiary/aromatic N) is 2. The summed E-state index contributed by atoms with van der Waals surface area (Å²) in [6.45, 7) is 2.91. The number of hydrogen-bond donors (Lipinski definition) is 1. The van der Waals surface area contributed by atoms with Crippen molar-refractivity contribution in [2.24, 2.45) is 11.7 Å². The largest absolute Gasteiger partial charge is 0.356 e. The van der Waals surface area contributed by atoms with Gasteiger partial charge in [0.1, 0.15) is 5.82 Å². The first-order valence-corrected chi connectivity index (χ1v) is 5.65. The molecular formula is C10H14BrN3. The number of anilines is 1. The Morgan fingerprint density at radius 3 is 3.00 bits per heavy atom. The van der Waals surface area contributed by atoms with Crippen LogP contribution in [0.2, 0.25) is 0 Å². The molecule has 0 radical (unpaired) electrons. The summed E-state index contributed by atoms with van der Waals surface area (Å²) in [5.41, 5.74) is 5.64. The zero-order chi connectivity index (χ0) is 9.97. The minimum atomic E-state index is 0.639. The highest BCUT2D eigenvalue weighted by Gasteiger charge is 2.21. The summed E-state index contributed by atoms with van der Waals surface area (Å²) in [5.74, 6) is 1.70. The number of halogens is 1. The van der Waals surface area contributed by atoms with Crippen molar-refractivity contribution >= 4 is 21.7 Å². The van der Waals surface area contributed by atoms with E-state index in [1.807, 2.05) is 18.3 Å². The van der Waals surface area contributed by atoms with E-state index in [0.29, 0.717) is 5.92 Å². The maximum absolute atomic E-state index is 5.64. The first kappa shape index (κ1) is 9.93. The molecule has 1 saturated heterocycles. The molecule has 0 spiro atoms. The molecule has 0 bridgehead atoms. The summed E-state index contributed by atoms with van der Waals surface area (Å²) in [7, 11) is 0. The lowest BCUT2D eigenvalue weighted by Crippen LogP contribution is -2.23. The van der Waals surface area contributed by atoms with Crippen LogP contribution in [0.5, 0.6) is 0 Å². The van der Waals surface area contributed by atoms with Crippen molar-refractivity contribution in [3.63, 3.8) is 0 Å². The minimum Gasteiger partial charge on any atom is -0.356 e. The lowest BCUT2D eigenvalue weighted by atomic mass is 10.1. The number of hydrogen-bond acceptors (Lipinski definition) is 3. The van der Waals surface area contributed by atoms with E-state index in [1.54, 1.807) is 0 Å². The molecule has 4 heteroatoms. The number of nitrogens with two attached hydrogens (primary N) is 1. The van der Waals surface area contributed by atoms with Crippen molar-refractivity contribution in [3.8, 4) is 0 Å². The molecule has 1 aromatic rings. The van der Waals surface area contributed by atoms with Crippen LogP contribution in [0.25, 0.3) is 0 Å². The molecular weight excluding hydrogens is 242 g/mol. The quantitative estimate of drug-likeness (QED) is 0.874. The molecule has 1 atom stereocenters. The SMILES string of the molecule is NCC1CCN(c2ccc(Br)cn2)C1. The normalized spacial score (nSPS) is 21.6. The molecule has 0 aliphatic carbocycles. The topological polar surface area (TPSA) is 42.1 Å². The fourth-order valence-electron chi connectivity index (χ4n) is 1.79. The van der Waals surface area contributed by atoms with Crippen LogP contribution in [0.3, 0.4) is 0 Å². The molecule has 1 aliphatic heterocycles. The summed E-state index contributed by atoms with van der Waals surface area (Å²) in [6, 6.07) is 4.07. The number of aromatic nitrogens is 1. The molecule has 1 aliphatic rings. The van der Waals surface area contributed by atoms with Crippen molar-refractivity contribution < 1.29 is 0 Å². The maximum Gasteiger partial charge on any atom is 0.128 e. The van der Waals surface area contributed by atoms with Gasteiger partial charge in [0.15, 0.2) is 0 Å². The second-order valence-electron chi connectivity index (χ2n) is 3.67. The number of pyridine rings is 1. The molecule has 3 nitrogen and oxygen atoms in total. The monoisotopic (exact) mass is 255 g/mol. The van der Waals surface area contributed by atoms with E-state index in [9.17, 15) is 0 Å². The van der Waals surface area contributed by atoms with Crippen LogP contribution >= 0.6 is 15.9 Å². The fourth-order valence-corrected chi connectivity index (χ4v) is 2.02. The molecule has 76 valence electrons. The smallest absolute Gasteiger partial charge is 0.128 e. The van der Waals surface area contributed by atoms with Crippen LogP contribution in [0.1, 0.15) is 6.42 Å². The van der Waals surface area contributed by atoms with Crippen molar-refractivity contribution in [1.82, 2.24) is 4.98 Å². The lowest BCUT2D eigenvalue weighted by molar-refractivity contribution is 0.602. The first-order valence-electron chi connectivity index (χ1n) is 4.86. The second-order valence-corrected chi connectivity index (χ2v) is 4.59. The van der Waals surface area contributed by atoms with E-state index in [0.717, 1.165) is 29.9 Å². The summed E-state index contributed by atoms with van der Waals surface area (Å²) in [5, 5.41) is 0. The Kier molecular flexibility index (Phi) is 3.03. The van der Waals surface area contributed by atoms with E-state index < -0.39 is 0 Å². The lowest BCUT2D eigenvalue weighted by Gasteiger charge is -2.16. The van der Waals surface area contributed by atoms with Gasteiger partial charge in [-0.05, 0) is 46.9 Å².